The molecule has 1 aromatic rings. The van der Waals surface area contributed by atoms with Gasteiger partial charge in [-0.05, 0) is 12.1 Å². The average Bonchev–Trinajstić information content (AvgIpc) is 2.62. The lowest BCUT2D eigenvalue weighted by molar-refractivity contribution is -0.131. The molecule has 0 unspecified atom stereocenters. The van der Waals surface area contributed by atoms with Crippen LogP contribution in [-0.4, -0.2) is 71.3 Å². The highest BCUT2D eigenvalue weighted by Gasteiger charge is 2.18. The van der Waals surface area contributed by atoms with Crippen LogP contribution >= 0.6 is 0 Å². The van der Waals surface area contributed by atoms with Crippen molar-refractivity contribution in [2.75, 3.05) is 48.6 Å². The lowest BCUT2D eigenvalue weighted by Gasteiger charge is -2.14. The van der Waals surface area contributed by atoms with E-state index in [2.05, 4.69) is 5.32 Å². The molecule has 0 saturated heterocycles. The van der Waals surface area contributed by atoms with Gasteiger partial charge in [-0.3, -0.25) is 9.59 Å². The number of nitrogens with one attached hydrogen (secondary N) is 1. The van der Waals surface area contributed by atoms with Crippen molar-refractivity contribution in [2.24, 2.45) is 0 Å². The summed E-state index contributed by atoms with van der Waals surface area (Å²) < 4.78 is 20.4. The van der Waals surface area contributed by atoms with Crippen molar-refractivity contribution in [3.8, 4) is 17.2 Å². The van der Waals surface area contributed by atoms with Gasteiger partial charge in [-0.2, -0.15) is 0 Å². The number of carbonyl (C=O) groups excluding carboxylic acids is 3. The van der Waals surface area contributed by atoms with E-state index in [0.29, 0.717) is 5.75 Å². The topological polar surface area (TPSA) is 103 Å². The summed E-state index contributed by atoms with van der Waals surface area (Å²) in [6.07, 6.45) is 0. The second-order valence-corrected chi connectivity index (χ2v) is 5.06. The zero-order chi connectivity index (χ0) is 19.0. The van der Waals surface area contributed by atoms with E-state index in [9.17, 15) is 14.4 Å². The molecular weight excluding hydrogens is 332 g/mol. The average molecular weight is 354 g/mol. The third-order valence-corrected chi connectivity index (χ3v) is 3.17. The maximum atomic E-state index is 12.1. The van der Waals surface area contributed by atoms with Crippen molar-refractivity contribution in [3.63, 3.8) is 0 Å². The van der Waals surface area contributed by atoms with E-state index in [-0.39, 0.29) is 29.5 Å². The number of esters is 1. The zero-order valence-electron chi connectivity index (χ0n) is 14.9. The lowest BCUT2D eigenvalue weighted by atomic mass is 10.2. The number of methoxy groups -OCH3 is 3. The summed E-state index contributed by atoms with van der Waals surface area (Å²) in [6.45, 7) is -0.691. The number of carbonyl (C=O) groups is 3. The molecule has 0 aliphatic rings. The van der Waals surface area contributed by atoms with Crippen molar-refractivity contribution in [3.05, 3.63) is 17.7 Å². The number of ether oxygens (including phenoxy) is 4. The summed E-state index contributed by atoms with van der Waals surface area (Å²) in [5, 5.41) is 2.36. The minimum absolute atomic E-state index is 0.131. The second-order valence-electron chi connectivity index (χ2n) is 5.06. The van der Waals surface area contributed by atoms with E-state index in [1.165, 1.54) is 38.4 Å². The number of nitrogens with zero attached hydrogens (tertiary/aromatic N) is 1. The molecule has 9 heteroatoms. The van der Waals surface area contributed by atoms with Crippen LogP contribution in [0.2, 0.25) is 0 Å². The minimum Gasteiger partial charge on any atom is -0.493 e. The number of hydrogen-bond acceptors (Lipinski definition) is 7. The van der Waals surface area contributed by atoms with Crippen molar-refractivity contribution in [1.82, 2.24) is 10.2 Å². The Morgan fingerprint density at radius 1 is 1.00 bits per heavy atom. The third kappa shape index (κ3) is 5.55. The molecule has 2 amide bonds. The summed E-state index contributed by atoms with van der Waals surface area (Å²) in [6, 6.07) is 2.83. The quantitative estimate of drug-likeness (QED) is 0.659. The van der Waals surface area contributed by atoms with Gasteiger partial charge in [-0.25, -0.2) is 4.79 Å². The van der Waals surface area contributed by atoms with Crippen molar-refractivity contribution < 1.29 is 33.3 Å². The molecule has 1 aromatic carbocycles. The van der Waals surface area contributed by atoms with Crippen molar-refractivity contribution >= 4 is 17.8 Å². The first-order valence-corrected chi connectivity index (χ1v) is 7.28. The fraction of sp³-hybridized carbons (Fsp3) is 0.438. The molecule has 0 radical (unpaired) electrons. The Morgan fingerprint density at radius 3 is 2.00 bits per heavy atom. The van der Waals surface area contributed by atoms with Gasteiger partial charge in [0.05, 0.1) is 33.4 Å². The van der Waals surface area contributed by atoms with Gasteiger partial charge in [0, 0.05) is 14.1 Å². The predicted octanol–water partition coefficient (Wildman–Crippen LogP) is 0.0736. The molecule has 0 atom stereocenters. The van der Waals surface area contributed by atoms with E-state index in [1.807, 2.05) is 0 Å². The molecule has 0 aliphatic carbocycles. The maximum absolute atomic E-state index is 12.1. The van der Waals surface area contributed by atoms with Gasteiger partial charge in [-0.1, -0.05) is 0 Å². The summed E-state index contributed by atoms with van der Waals surface area (Å²) in [5.74, 6) is -0.695. The molecule has 1 rings (SSSR count). The van der Waals surface area contributed by atoms with E-state index in [0.717, 1.165) is 0 Å². The van der Waals surface area contributed by atoms with Crippen LogP contribution < -0.4 is 19.5 Å². The Hall–Kier alpha value is -2.97. The first-order chi connectivity index (χ1) is 11.8. The van der Waals surface area contributed by atoms with Crippen LogP contribution in [0, 0.1) is 0 Å². The summed E-state index contributed by atoms with van der Waals surface area (Å²) >= 11 is 0. The van der Waals surface area contributed by atoms with Gasteiger partial charge in [0.15, 0.2) is 18.1 Å². The summed E-state index contributed by atoms with van der Waals surface area (Å²) in [4.78, 5) is 36.4. The zero-order valence-corrected chi connectivity index (χ0v) is 14.9. The summed E-state index contributed by atoms with van der Waals surface area (Å²) in [5.41, 5.74) is 0.131. The molecule has 0 fully saturated rings. The van der Waals surface area contributed by atoms with Crippen molar-refractivity contribution in [2.45, 2.75) is 0 Å². The minimum atomic E-state index is -0.742. The third-order valence-electron chi connectivity index (χ3n) is 3.17. The van der Waals surface area contributed by atoms with Crippen LogP contribution in [0.4, 0.5) is 0 Å². The van der Waals surface area contributed by atoms with Crippen molar-refractivity contribution in [1.29, 1.82) is 0 Å². The van der Waals surface area contributed by atoms with E-state index in [4.69, 9.17) is 18.9 Å². The second kappa shape index (κ2) is 9.36. The number of likely N-dealkylation sites (N-methyl/N-ethyl adjacent to an activating group) is 1. The van der Waals surface area contributed by atoms with Crippen LogP contribution in [0.3, 0.4) is 0 Å². The van der Waals surface area contributed by atoms with E-state index < -0.39 is 18.5 Å². The SMILES string of the molecule is COc1cc(C(=O)OCC(=O)NCC(=O)N(C)C)cc(OC)c1OC. The highest BCUT2D eigenvalue weighted by atomic mass is 16.5. The fourth-order valence-corrected chi connectivity index (χ4v) is 1.80. The van der Waals surface area contributed by atoms with Crippen LogP contribution in [-0.2, 0) is 14.3 Å². The van der Waals surface area contributed by atoms with Crippen LogP contribution in [0.25, 0.3) is 0 Å². The molecule has 9 nitrogen and oxygen atoms in total. The molecule has 0 bridgehead atoms. The molecule has 0 saturated carbocycles. The molecule has 0 heterocycles. The van der Waals surface area contributed by atoms with Gasteiger partial charge in [0.2, 0.25) is 11.7 Å². The number of hydrogen-bond donors (Lipinski definition) is 1. The van der Waals surface area contributed by atoms with Gasteiger partial charge in [0.1, 0.15) is 0 Å². The van der Waals surface area contributed by atoms with Crippen LogP contribution in [0.15, 0.2) is 12.1 Å². The fourth-order valence-electron chi connectivity index (χ4n) is 1.80. The monoisotopic (exact) mass is 354 g/mol. The Balaban J connectivity index is 2.71. The van der Waals surface area contributed by atoms with Gasteiger partial charge in [-0.15, -0.1) is 0 Å². The van der Waals surface area contributed by atoms with Crippen LogP contribution in [0.5, 0.6) is 17.2 Å². The van der Waals surface area contributed by atoms with Crippen LogP contribution in [0.1, 0.15) is 10.4 Å². The van der Waals surface area contributed by atoms with Gasteiger partial charge < -0.3 is 29.2 Å². The predicted molar refractivity (Wildman–Crippen MR) is 88.1 cm³/mol. The number of rotatable bonds is 8. The number of benzene rings is 1. The van der Waals surface area contributed by atoms with Gasteiger partial charge in [0.25, 0.3) is 5.91 Å². The Morgan fingerprint density at radius 2 is 1.56 bits per heavy atom. The van der Waals surface area contributed by atoms with E-state index >= 15 is 0 Å². The molecular formula is C16H22N2O7. The molecule has 138 valence electrons. The maximum Gasteiger partial charge on any atom is 0.338 e. The lowest BCUT2D eigenvalue weighted by Crippen LogP contribution is -2.38. The molecule has 25 heavy (non-hydrogen) atoms. The van der Waals surface area contributed by atoms with E-state index in [1.54, 1.807) is 14.1 Å². The largest absolute Gasteiger partial charge is 0.493 e. The smallest absolute Gasteiger partial charge is 0.338 e. The first kappa shape index (κ1) is 20.1. The molecule has 0 spiro atoms. The standard InChI is InChI=1S/C16H22N2O7/c1-18(2)14(20)8-17-13(19)9-25-16(21)10-6-11(22-3)15(24-5)12(7-10)23-4/h6-7H,8-9H2,1-5H3,(H,17,19). The molecule has 1 N–H and O–H groups in total. The summed E-state index contributed by atoms with van der Waals surface area (Å²) in [7, 11) is 7.42. The number of amides is 2. The molecule has 0 aromatic heterocycles. The molecule has 0 aliphatic heterocycles. The normalized spacial score (nSPS) is 9.80. The van der Waals surface area contributed by atoms with Gasteiger partial charge >= 0.3 is 5.97 Å². The Bertz CT molecular complexity index is 618. The Labute approximate surface area is 145 Å². The Kier molecular flexibility index (Phi) is 7.51. The first-order valence-electron chi connectivity index (χ1n) is 7.28. The highest BCUT2D eigenvalue weighted by Crippen LogP contribution is 2.38. The highest BCUT2D eigenvalue weighted by molar-refractivity contribution is 5.93.